The summed E-state index contributed by atoms with van der Waals surface area (Å²) in [5.41, 5.74) is -0.326. The Labute approximate surface area is 141 Å². The van der Waals surface area contributed by atoms with E-state index in [4.69, 9.17) is 10.2 Å². The Morgan fingerprint density at radius 2 is 1.64 bits per heavy atom. The molecule has 1 unspecified atom stereocenters. The van der Waals surface area contributed by atoms with Crippen molar-refractivity contribution in [2.75, 3.05) is 18.5 Å². The molecule has 3 N–H and O–H groups in total. The largest absolute Gasteiger partial charge is 0.416 e. The first-order valence-corrected chi connectivity index (χ1v) is 7.14. The highest BCUT2D eigenvalue weighted by Crippen LogP contribution is 2.28. The molecule has 0 aliphatic rings. The molecule has 0 radical (unpaired) electrons. The monoisotopic (exact) mass is 358 g/mol. The molecule has 0 saturated carbocycles. The summed E-state index contributed by atoms with van der Waals surface area (Å²) in [5, 5.41) is 30.9. The number of nitro groups is 1. The van der Waals surface area contributed by atoms with Gasteiger partial charge < -0.3 is 15.5 Å². The molecular formula is C16H17F3N2O4. The second kappa shape index (κ2) is 9.60. The van der Waals surface area contributed by atoms with Crippen LogP contribution in [-0.2, 0) is 6.18 Å². The average molecular weight is 358 g/mol. The molecular weight excluding hydrogens is 341 g/mol. The number of alkyl halides is 3. The quantitative estimate of drug-likeness (QED) is 0.564. The van der Waals surface area contributed by atoms with Crippen molar-refractivity contribution < 1.29 is 28.3 Å². The van der Waals surface area contributed by atoms with Crippen molar-refractivity contribution in [3.63, 3.8) is 0 Å². The Morgan fingerprint density at radius 3 is 2.12 bits per heavy atom. The Balaban J connectivity index is 0.000000271. The molecule has 0 amide bonds. The number of halogens is 3. The summed E-state index contributed by atoms with van der Waals surface area (Å²) in [6, 6.07) is 12.5. The molecule has 0 fully saturated rings. The van der Waals surface area contributed by atoms with Crippen LogP contribution < -0.4 is 5.32 Å². The maximum absolute atomic E-state index is 11.8. The van der Waals surface area contributed by atoms with Crippen molar-refractivity contribution in [1.82, 2.24) is 0 Å². The summed E-state index contributed by atoms with van der Waals surface area (Å²) >= 11 is 0. The van der Waals surface area contributed by atoms with Gasteiger partial charge in [0.15, 0.2) is 0 Å². The van der Waals surface area contributed by atoms with Gasteiger partial charge >= 0.3 is 6.18 Å². The van der Waals surface area contributed by atoms with Crippen molar-refractivity contribution in [2.24, 2.45) is 0 Å². The summed E-state index contributed by atoms with van der Waals surface area (Å²) in [7, 11) is 0. The van der Waals surface area contributed by atoms with Gasteiger partial charge in [-0.25, -0.2) is 0 Å². The van der Waals surface area contributed by atoms with Crippen LogP contribution in [0.3, 0.4) is 0 Å². The van der Waals surface area contributed by atoms with Crippen molar-refractivity contribution in [3.05, 3.63) is 70.3 Å². The van der Waals surface area contributed by atoms with Gasteiger partial charge in [0.25, 0.3) is 5.69 Å². The highest BCUT2D eigenvalue weighted by Gasteiger charge is 2.29. The van der Waals surface area contributed by atoms with Crippen molar-refractivity contribution in [1.29, 1.82) is 0 Å². The molecule has 6 nitrogen and oxygen atoms in total. The molecule has 2 rings (SSSR count). The predicted molar refractivity (Wildman–Crippen MR) is 86.1 cm³/mol. The van der Waals surface area contributed by atoms with E-state index in [0.717, 1.165) is 12.1 Å². The second-order valence-corrected chi connectivity index (χ2v) is 4.86. The van der Waals surface area contributed by atoms with Crippen LogP contribution in [0.15, 0.2) is 54.6 Å². The molecule has 0 saturated heterocycles. The maximum Gasteiger partial charge on any atom is 0.416 e. The van der Waals surface area contributed by atoms with Gasteiger partial charge in [0.05, 0.1) is 23.2 Å². The lowest BCUT2D eigenvalue weighted by Gasteiger charge is -2.09. The van der Waals surface area contributed by atoms with Crippen LogP contribution in [-0.4, -0.2) is 34.4 Å². The normalized spacial score (nSPS) is 11.9. The van der Waals surface area contributed by atoms with Gasteiger partial charge in [-0.15, -0.1) is 0 Å². The molecule has 1 atom stereocenters. The van der Waals surface area contributed by atoms with Gasteiger partial charge in [0.2, 0.25) is 0 Å². The fraction of sp³-hybridized carbons (Fsp3) is 0.250. The van der Waals surface area contributed by atoms with Gasteiger partial charge in [0, 0.05) is 12.6 Å². The molecule has 9 heteroatoms. The lowest BCUT2D eigenvalue weighted by Crippen LogP contribution is -2.23. The number of nitrogens with one attached hydrogen (secondary N) is 1. The molecule has 2 aromatic rings. The van der Waals surface area contributed by atoms with Gasteiger partial charge in [-0.1, -0.05) is 42.5 Å². The lowest BCUT2D eigenvalue weighted by atomic mass is 10.2. The van der Waals surface area contributed by atoms with Gasteiger partial charge in [-0.05, 0) is 6.07 Å². The van der Waals surface area contributed by atoms with E-state index in [-0.39, 0.29) is 18.8 Å². The van der Waals surface area contributed by atoms with Crippen LogP contribution in [0.5, 0.6) is 0 Å². The van der Waals surface area contributed by atoms with E-state index in [2.05, 4.69) is 5.32 Å². The van der Waals surface area contributed by atoms with Gasteiger partial charge in [-0.3, -0.25) is 10.1 Å². The fourth-order valence-corrected chi connectivity index (χ4v) is 1.70. The van der Waals surface area contributed by atoms with E-state index in [9.17, 15) is 23.3 Å². The van der Waals surface area contributed by atoms with Crippen molar-refractivity contribution in [2.45, 2.75) is 12.3 Å². The van der Waals surface area contributed by atoms with Crippen molar-refractivity contribution >= 4 is 11.4 Å². The molecule has 0 aromatic heterocycles. The highest BCUT2D eigenvalue weighted by molar-refractivity contribution is 5.61. The Kier molecular flexibility index (Phi) is 7.83. The summed E-state index contributed by atoms with van der Waals surface area (Å²) in [6.45, 7) is -0.311. The minimum absolute atomic E-state index is 0.0531. The summed E-state index contributed by atoms with van der Waals surface area (Å²) in [5.74, 6) is 0. The first-order chi connectivity index (χ1) is 11.8. The highest BCUT2D eigenvalue weighted by atomic mass is 19.4. The zero-order chi connectivity index (χ0) is 18.9. The molecule has 2 aromatic carbocycles. The van der Waals surface area contributed by atoms with Crippen molar-refractivity contribution in [3.8, 4) is 0 Å². The van der Waals surface area contributed by atoms with E-state index in [1.54, 1.807) is 24.3 Å². The third-order valence-electron chi connectivity index (χ3n) is 2.94. The van der Waals surface area contributed by atoms with E-state index >= 15 is 0 Å². The number of rotatable bonds is 5. The molecule has 0 aliphatic heterocycles. The summed E-state index contributed by atoms with van der Waals surface area (Å²) < 4.78 is 35.4. The minimum atomic E-state index is -4.21. The van der Waals surface area contributed by atoms with Crippen LogP contribution in [0.4, 0.5) is 24.5 Å². The SMILES string of the molecule is FC(F)(F)c1ccccc1.O=[N+]([O-])c1ccccc1NCC(O)CO. The minimum Gasteiger partial charge on any atom is -0.394 e. The van der Waals surface area contributed by atoms with Crippen LogP contribution in [0.1, 0.15) is 5.56 Å². The molecule has 0 heterocycles. The summed E-state index contributed by atoms with van der Waals surface area (Å²) in [6.07, 6.45) is -5.13. The third-order valence-corrected chi connectivity index (χ3v) is 2.94. The number of nitro benzene ring substituents is 1. The van der Waals surface area contributed by atoms with Crippen LogP contribution in [0.25, 0.3) is 0 Å². The van der Waals surface area contributed by atoms with E-state index in [0.29, 0.717) is 5.69 Å². The first-order valence-electron chi connectivity index (χ1n) is 7.14. The van der Waals surface area contributed by atoms with E-state index < -0.39 is 22.8 Å². The number of aliphatic hydroxyl groups is 2. The third kappa shape index (κ3) is 7.19. The number of anilines is 1. The zero-order valence-electron chi connectivity index (χ0n) is 13.0. The topological polar surface area (TPSA) is 95.6 Å². The van der Waals surface area contributed by atoms with Crippen LogP contribution >= 0.6 is 0 Å². The van der Waals surface area contributed by atoms with Crippen LogP contribution in [0, 0.1) is 10.1 Å². The number of aliphatic hydroxyl groups excluding tert-OH is 2. The van der Waals surface area contributed by atoms with Crippen LogP contribution in [0.2, 0.25) is 0 Å². The number of hydrogen-bond acceptors (Lipinski definition) is 5. The van der Waals surface area contributed by atoms with Gasteiger partial charge in [-0.2, -0.15) is 13.2 Å². The number of benzene rings is 2. The van der Waals surface area contributed by atoms with E-state index in [1.807, 2.05) is 0 Å². The maximum atomic E-state index is 11.8. The Hall–Kier alpha value is -2.65. The molecule has 136 valence electrons. The number of hydrogen-bond donors (Lipinski definition) is 3. The number of nitrogens with zero attached hydrogens (tertiary/aromatic N) is 1. The Bertz CT molecular complexity index is 666. The van der Waals surface area contributed by atoms with Gasteiger partial charge in [0.1, 0.15) is 5.69 Å². The summed E-state index contributed by atoms with van der Waals surface area (Å²) in [4.78, 5) is 10.1. The Morgan fingerprint density at radius 1 is 1.08 bits per heavy atom. The fourth-order valence-electron chi connectivity index (χ4n) is 1.70. The number of para-hydroxylation sites is 2. The molecule has 25 heavy (non-hydrogen) atoms. The molecule has 0 aliphatic carbocycles. The average Bonchev–Trinajstić information content (AvgIpc) is 2.60. The predicted octanol–water partition coefficient (Wildman–Crippen LogP) is 3.07. The first kappa shape index (κ1) is 20.4. The standard InChI is InChI=1S/C9H12N2O4.C7H5F3/c12-6-7(13)5-10-8-3-1-2-4-9(8)11(14)15;8-7(9,10)6-4-2-1-3-5-6/h1-4,7,10,12-13H,5-6H2;1-5H. The molecule has 0 bridgehead atoms. The smallest absolute Gasteiger partial charge is 0.394 e. The van der Waals surface area contributed by atoms with E-state index in [1.165, 1.54) is 18.2 Å². The molecule has 0 spiro atoms. The lowest BCUT2D eigenvalue weighted by molar-refractivity contribution is -0.384. The second-order valence-electron chi connectivity index (χ2n) is 4.86. The zero-order valence-corrected chi connectivity index (χ0v) is 13.0.